The van der Waals surface area contributed by atoms with Crippen LogP contribution in [-0.2, 0) is 11.3 Å². The Morgan fingerprint density at radius 1 is 1.16 bits per heavy atom. The number of likely N-dealkylation sites (tertiary alicyclic amines) is 1. The van der Waals surface area contributed by atoms with Gasteiger partial charge in [-0.15, -0.1) is 0 Å². The maximum atomic E-state index is 13.2. The second kappa shape index (κ2) is 8.07. The number of amides is 2. The maximum absolute atomic E-state index is 13.2. The predicted octanol–water partition coefficient (Wildman–Crippen LogP) is 4.18. The van der Waals surface area contributed by atoms with Crippen LogP contribution in [-0.4, -0.2) is 30.1 Å². The third-order valence-corrected chi connectivity index (χ3v) is 4.16. The molecule has 1 atom stereocenters. The third kappa shape index (κ3) is 4.76. The maximum Gasteiger partial charge on any atom is 0.321 e. The monoisotopic (exact) mass is 346 g/mol. The van der Waals surface area contributed by atoms with Gasteiger partial charge >= 0.3 is 6.03 Å². The van der Waals surface area contributed by atoms with Crippen LogP contribution in [0.4, 0.5) is 19.3 Å². The van der Waals surface area contributed by atoms with E-state index in [9.17, 15) is 13.6 Å². The number of anilines is 1. The van der Waals surface area contributed by atoms with Gasteiger partial charge in [-0.2, -0.15) is 0 Å². The summed E-state index contributed by atoms with van der Waals surface area (Å²) in [5, 5.41) is 2.86. The first kappa shape index (κ1) is 17.4. The number of nitrogens with one attached hydrogen (secondary N) is 1. The Morgan fingerprint density at radius 2 is 1.96 bits per heavy atom. The molecule has 1 saturated heterocycles. The van der Waals surface area contributed by atoms with Gasteiger partial charge in [-0.25, -0.2) is 13.6 Å². The van der Waals surface area contributed by atoms with Gasteiger partial charge in [-0.05, 0) is 42.7 Å². The molecule has 6 heteroatoms. The number of nitrogens with zero attached hydrogens (tertiary/aromatic N) is 1. The highest BCUT2D eigenvalue weighted by Gasteiger charge is 2.24. The average molecular weight is 346 g/mol. The van der Waals surface area contributed by atoms with Crippen LogP contribution in [0.2, 0.25) is 0 Å². The number of carbonyl (C=O) groups excluding carboxylic acids is 1. The van der Waals surface area contributed by atoms with E-state index in [2.05, 4.69) is 5.32 Å². The van der Waals surface area contributed by atoms with Gasteiger partial charge < -0.3 is 15.0 Å². The third-order valence-electron chi connectivity index (χ3n) is 4.16. The van der Waals surface area contributed by atoms with Gasteiger partial charge in [0.15, 0.2) is 11.6 Å². The number of urea groups is 1. The number of ether oxygens (including phenoxy) is 1. The van der Waals surface area contributed by atoms with Crippen molar-refractivity contribution in [2.45, 2.75) is 25.6 Å². The molecule has 1 N–H and O–H groups in total. The van der Waals surface area contributed by atoms with Crippen molar-refractivity contribution >= 4 is 11.7 Å². The molecule has 0 spiro atoms. The number of hydrogen-bond donors (Lipinski definition) is 1. The summed E-state index contributed by atoms with van der Waals surface area (Å²) >= 11 is 0. The van der Waals surface area contributed by atoms with Crippen LogP contribution in [0, 0.1) is 11.6 Å². The number of para-hydroxylation sites is 1. The standard InChI is InChI=1S/C19H20F2N2O2/c20-17-9-8-14(11-18(17)21)13-25-16-7-4-10-23(12-16)19(24)22-15-5-2-1-3-6-15/h1-3,5-6,8-9,11,16H,4,7,10,12-13H2,(H,22,24)/t16-/m1/s1. The fourth-order valence-electron chi connectivity index (χ4n) is 2.83. The molecule has 1 aliphatic rings. The van der Waals surface area contributed by atoms with Crippen LogP contribution >= 0.6 is 0 Å². The minimum absolute atomic E-state index is 0.122. The highest BCUT2D eigenvalue weighted by molar-refractivity contribution is 5.89. The molecular formula is C19H20F2N2O2. The van der Waals surface area contributed by atoms with Gasteiger partial charge in [0, 0.05) is 18.8 Å². The minimum atomic E-state index is -0.881. The molecule has 0 aromatic heterocycles. The number of hydrogen-bond acceptors (Lipinski definition) is 2. The fourth-order valence-corrected chi connectivity index (χ4v) is 2.83. The first-order valence-corrected chi connectivity index (χ1v) is 8.28. The van der Waals surface area contributed by atoms with Crippen molar-refractivity contribution in [3.8, 4) is 0 Å². The highest BCUT2D eigenvalue weighted by Crippen LogP contribution is 2.17. The van der Waals surface area contributed by atoms with Crippen LogP contribution in [0.15, 0.2) is 48.5 Å². The number of benzene rings is 2. The largest absolute Gasteiger partial charge is 0.372 e. The second-order valence-electron chi connectivity index (χ2n) is 6.07. The Morgan fingerprint density at radius 3 is 2.72 bits per heavy atom. The van der Waals surface area contributed by atoms with Crippen molar-refractivity contribution in [2.24, 2.45) is 0 Å². The summed E-state index contributed by atoms with van der Waals surface area (Å²) in [6, 6.07) is 12.8. The van der Waals surface area contributed by atoms with E-state index in [1.807, 2.05) is 30.3 Å². The summed E-state index contributed by atoms with van der Waals surface area (Å²) in [7, 11) is 0. The van der Waals surface area contributed by atoms with Crippen molar-refractivity contribution in [2.75, 3.05) is 18.4 Å². The molecule has 2 aromatic rings. The Hall–Kier alpha value is -2.47. The van der Waals surface area contributed by atoms with Gasteiger partial charge in [0.2, 0.25) is 0 Å². The lowest BCUT2D eigenvalue weighted by atomic mass is 10.1. The smallest absolute Gasteiger partial charge is 0.321 e. The van der Waals surface area contributed by atoms with E-state index < -0.39 is 11.6 Å². The second-order valence-corrected chi connectivity index (χ2v) is 6.07. The molecular weight excluding hydrogens is 326 g/mol. The molecule has 1 heterocycles. The van der Waals surface area contributed by atoms with Crippen molar-refractivity contribution in [3.05, 3.63) is 65.7 Å². The minimum Gasteiger partial charge on any atom is -0.372 e. The molecule has 2 aromatic carbocycles. The molecule has 0 bridgehead atoms. The molecule has 0 radical (unpaired) electrons. The lowest BCUT2D eigenvalue weighted by Gasteiger charge is -2.32. The normalized spacial score (nSPS) is 17.4. The summed E-state index contributed by atoms with van der Waals surface area (Å²) in [5.41, 5.74) is 1.32. The lowest BCUT2D eigenvalue weighted by Crippen LogP contribution is -2.45. The topological polar surface area (TPSA) is 41.6 Å². The van der Waals surface area contributed by atoms with E-state index in [1.54, 1.807) is 4.90 Å². The van der Waals surface area contributed by atoms with Crippen LogP contribution in [0.5, 0.6) is 0 Å². The molecule has 132 valence electrons. The first-order valence-electron chi connectivity index (χ1n) is 8.28. The number of halogens is 2. The zero-order chi connectivity index (χ0) is 17.6. The molecule has 3 rings (SSSR count). The van der Waals surface area contributed by atoms with Crippen molar-refractivity contribution in [1.82, 2.24) is 4.90 Å². The Bertz CT molecular complexity index is 725. The molecule has 1 aliphatic heterocycles. The lowest BCUT2D eigenvalue weighted by molar-refractivity contribution is 0.000903. The summed E-state index contributed by atoms with van der Waals surface area (Å²) in [6.07, 6.45) is 1.55. The van der Waals surface area contributed by atoms with Crippen molar-refractivity contribution in [3.63, 3.8) is 0 Å². The van der Waals surface area contributed by atoms with Crippen LogP contribution in [0.3, 0.4) is 0 Å². The van der Waals surface area contributed by atoms with Gasteiger partial charge in [-0.3, -0.25) is 0 Å². The predicted molar refractivity (Wildman–Crippen MR) is 91.2 cm³/mol. The van der Waals surface area contributed by atoms with E-state index in [1.165, 1.54) is 6.07 Å². The van der Waals surface area contributed by atoms with Crippen LogP contribution in [0.1, 0.15) is 18.4 Å². The number of piperidine rings is 1. The van der Waals surface area contributed by atoms with Gasteiger partial charge in [0.25, 0.3) is 0 Å². The molecule has 2 amide bonds. The number of carbonyl (C=O) groups is 1. The Balaban J connectivity index is 1.52. The van der Waals surface area contributed by atoms with E-state index in [4.69, 9.17) is 4.74 Å². The quantitative estimate of drug-likeness (QED) is 0.902. The summed E-state index contributed by atoms with van der Waals surface area (Å²) in [4.78, 5) is 14.1. The molecule has 4 nitrogen and oxygen atoms in total. The molecule has 25 heavy (non-hydrogen) atoms. The average Bonchev–Trinajstić information content (AvgIpc) is 2.64. The fraction of sp³-hybridized carbons (Fsp3) is 0.316. The first-order chi connectivity index (χ1) is 12.1. The highest BCUT2D eigenvalue weighted by atomic mass is 19.2. The Labute approximate surface area is 145 Å². The Kier molecular flexibility index (Phi) is 5.60. The summed E-state index contributed by atoms with van der Waals surface area (Å²) < 4.78 is 32.0. The van der Waals surface area contributed by atoms with E-state index in [0.29, 0.717) is 18.7 Å². The van der Waals surface area contributed by atoms with E-state index >= 15 is 0 Å². The zero-order valence-corrected chi connectivity index (χ0v) is 13.8. The van der Waals surface area contributed by atoms with E-state index in [0.717, 1.165) is 30.7 Å². The molecule has 1 fully saturated rings. The van der Waals surface area contributed by atoms with Crippen molar-refractivity contribution < 1.29 is 18.3 Å². The molecule has 0 unspecified atom stereocenters. The van der Waals surface area contributed by atoms with E-state index in [-0.39, 0.29) is 18.7 Å². The van der Waals surface area contributed by atoms with Crippen LogP contribution in [0.25, 0.3) is 0 Å². The molecule has 0 saturated carbocycles. The van der Waals surface area contributed by atoms with Gasteiger partial charge in [0.1, 0.15) is 0 Å². The van der Waals surface area contributed by atoms with Crippen LogP contribution < -0.4 is 5.32 Å². The summed E-state index contributed by atoms with van der Waals surface area (Å²) in [6.45, 7) is 1.34. The zero-order valence-electron chi connectivity index (χ0n) is 13.8. The summed E-state index contributed by atoms with van der Waals surface area (Å²) in [5.74, 6) is -1.75. The molecule has 0 aliphatic carbocycles. The SMILES string of the molecule is O=C(Nc1ccccc1)N1CCC[C@@H](OCc2ccc(F)c(F)c2)C1. The number of rotatable bonds is 4. The van der Waals surface area contributed by atoms with Crippen molar-refractivity contribution in [1.29, 1.82) is 0 Å². The van der Waals surface area contributed by atoms with Gasteiger partial charge in [0.05, 0.1) is 12.7 Å². The van der Waals surface area contributed by atoms with Gasteiger partial charge in [-0.1, -0.05) is 24.3 Å².